The number of benzene rings is 4. The van der Waals surface area contributed by atoms with Crippen LogP contribution in [-0.4, -0.2) is 16.7 Å². The molecule has 0 N–H and O–H groups in total. The first-order valence-electron chi connectivity index (χ1n) is 9.51. The molecule has 1 aromatic heterocycles. The van der Waals surface area contributed by atoms with Crippen LogP contribution in [-0.2, 0) is 6.54 Å². The molecule has 2 heterocycles. The number of nitrogens with zero attached hydrogens (tertiary/aromatic N) is 3. The van der Waals surface area contributed by atoms with Crippen molar-refractivity contribution >= 4 is 54.5 Å². The summed E-state index contributed by atoms with van der Waals surface area (Å²) in [5.74, 6) is 0.922. The lowest BCUT2D eigenvalue weighted by atomic mass is 10.0. The van der Waals surface area contributed by atoms with E-state index in [-0.39, 0.29) is 0 Å². The van der Waals surface area contributed by atoms with Crippen molar-refractivity contribution in [2.45, 2.75) is 6.54 Å². The highest BCUT2D eigenvalue weighted by Gasteiger charge is 2.25. The van der Waals surface area contributed by atoms with Gasteiger partial charge in [-0.05, 0) is 36.4 Å². The van der Waals surface area contributed by atoms with E-state index in [1.807, 2.05) is 36.4 Å². The van der Waals surface area contributed by atoms with Gasteiger partial charge < -0.3 is 9.64 Å². The lowest BCUT2D eigenvalue weighted by Crippen LogP contribution is -2.32. The first-order chi connectivity index (χ1) is 14.3. The second-order valence-corrected chi connectivity index (χ2v) is 8.13. The first-order valence-corrected chi connectivity index (χ1v) is 10.3. The Hall–Kier alpha value is -3.18. The van der Waals surface area contributed by atoms with Gasteiger partial charge in [-0.3, -0.25) is 0 Å². The topological polar surface area (TPSA) is 38.2 Å². The van der Waals surface area contributed by atoms with Gasteiger partial charge in [0.1, 0.15) is 5.75 Å². The summed E-state index contributed by atoms with van der Waals surface area (Å²) in [6.45, 7) is 1.23. The summed E-state index contributed by atoms with van der Waals surface area (Å²) in [5.41, 5.74) is 5.86. The molecular formula is C24H16BrN3O. The van der Waals surface area contributed by atoms with E-state index in [0.717, 1.165) is 60.9 Å². The fourth-order valence-corrected chi connectivity index (χ4v) is 4.33. The van der Waals surface area contributed by atoms with Gasteiger partial charge in [0.2, 0.25) is 0 Å². The predicted octanol–water partition coefficient (Wildman–Crippen LogP) is 6.06. The molecule has 0 amide bonds. The van der Waals surface area contributed by atoms with E-state index in [1.165, 1.54) is 0 Å². The molecule has 6 rings (SSSR count). The standard InChI is InChI=1S/C24H16BrN3O/c25-15-9-11-16(12-10-15)28-13-19-23-22(26-20-7-3-4-8-21(20)27-23)17-5-1-2-6-18(17)24(19)29-14-28/h1-12H,13-14H2. The number of hydrogen-bond acceptors (Lipinski definition) is 4. The van der Waals surface area contributed by atoms with Crippen molar-refractivity contribution in [1.29, 1.82) is 0 Å². The van der Waals surface area contributed by atoms with Crippen LogP contribution < -0.4 is 9.64 Å². The van der Waals surface area contributed by atoms with Gasteiger partial charge in [0.05, 0.1) is 28.6 Å². The number of para-hydroxylation sites is 2. The van der Waals surface area contributed by atoms with Gasteiger partial charge in [-0.2, -0.15) is 0 Å². The first kappa shape index (κ1) is 16.7. The number of anilines is 1. The van der Waals surface area contributed by atoms with Crippen LogP contribution >= 0.6 is 15.9 Å². The molecule has 4 nitrogen and oxygen atoms in total. The lowest BCUT2D eigenvalue weighted by molar-refractivity contribution is 0.294. The van der Waals surface area contributed by atoms with E-state index in [9.17, 15) is 0 Å². The zero-order chi connectivity index (χ0) is 19.4. The van der Waals surface area contributed by atoms with Crippen molar-refractivity contribution in [3.05, 3.63) is 82.8 Å². The lowest BCUT2D eigenvalue weighted by Gasteiger charge is -2.32. The quantitative estimate of drug-likeness (QED) is 0.234. The average molecular weight is 442 g/mol. The number of ether oxygens (including phenoxy) is 1. The maximum Gasteiger partial charge on any atom is 0.161 e. The minimum atomic E-state index is 0.505. The Morgan fingerprint density at radius 1 is 0.759 bits per heavy atom. The summed E-state index contributed by atoms with van der Waals surface area (Å²) >= 11 is 3.51. The summed E-state index contributed by atoms with van der Waals surface area (Å²) in [6, 6.07) is 24.6. The molecule has 0 unspecified atom stereocenters. The van der Waals surface area contributed by atoms with Crippen molar-refractivity contribution in [2.75, 3.05) is 11.6 Å². The highest BCUT2D eigenvalue weighted by molar-refractivity contribution is 9.10. The van der Waals surface area contributed by atoms with Crippen molar-refractivity contribution in [3.8, 4) is 5.75 Å². The second-order valence-electron chi connectivity index (χ2n) is 7.21. The Labute approximate surface area is 175 Å². The van der Waals surface area contributed by atoms with E-state index in [0.29, 0.717) is 6.73 Å². The van der Waals surface area contributed by atoms with Crippen LogP contribution in [0.4, 0.5) is 5.69 Å². The Kier molecular flexibility index (Phi) is 3.71. The Morgan fingerprint density at radius 2 is 1.41 bits per heavy atom. The summed E-state index contributed by atoms with van der Waals surface area (Å²) < 4.78 is 7.36. The van der Waals surface area contributed by atoms with Gasteiger partial charge in [0.25, 0.3) is 0 Å². The summed E-state index contributed by atoms with van der Waals surface area (Å²) in [5, 5.41) is 2.17. The van der Waals surface area contributed by atoms with Gasteiger partial charge >= 0.3 is 0 Å². The molecule has 0 fully saturated rings. The van der Waals surface area contributed by atoms with Crippen LogP contribution in [0.1, 0.15) is 5.56 Å². The molecule has 0 radical (unpaired) electrons. The fourth-order valence-electron chi connectivity index (χ4n) is 4.06. The second kappa shape index (κ2) is 6.42. The zero-order valence-electron chi connectivity index (χ0n) is 15.5. The fraction of sp³-hybridized carbons (Fsp3) is 0.0833. The third-order valence-corrected chi connectivity index (χ3v) is 5.99. The van der Waals surface area contributed by atoms with E-state index in [4.69, 9.17) is 14.7 Å². The minimum absolute atomic E-state index is 0.505. The maximum absolute atomic E-state index is 6.30. The van der Waals surface area contributed by atoms with Crippen LogP contribution in [0.5, 0.6) is 5.75 Å². The van der Waals surface area contributed by atoms with Crippen molar-refractivity contribution in [2.24, 2.45) is 0 Å². The summed E-state index contributed by atoms with van der Waals surface area (Å²) in [4.78, 5) is 12.2. The number of hydrogen-bond donors (Lipinski definition) is 0. The van der Waals surface area contributed by atoms with Gasteiger partial charge in [0, 0.05) is 26.5 Å². The Balaban J connectivity index is 1.63. The highest BCUT2D eigenvalue weighted by Crippen LogP contribution is 2.40. The van der Waals surface area contributed by atoms with E-state index < -0.39 is 0 Å². The van der Waals surface area contributed by atoms with E-state index >= 15 is 0 Å². The number of aromatic nitrogens is 2. The van der Waals surface area contributed by atoms with Crippen molar-refractivity contribution in [3.63, 3.8) is 0 Å². The average Bonchev–Trinajstić information content (AvgIpc) is 2.78. The molecule has 5 heteroatoms. The summed E-state index contributed by atoms with van der Waals surface area (Å²) in [6.07, 6.45) is 0. The predicted molar refractivity (Wildman–Crippen MR) is 120 cm³/mol. The summed E-state index contributed by atoms with van der Waals surface area (Å²) in [7, 11) is 0. The molecule has 140 valence electrons. The molecule has 0 saturated carbocycles. The van der Waals surface area contributed by atoms with Crippen LogP contribution in [0, 0.1) is 0 Å². The maximum atomic E-state index is 6.30. The molecule has 29 heavy (non-hydrogen) atoms. The van der Waals surface area contributed by atoms with Crippen LogP contribution in [0.25, 0.3) is 32.8 Å². The molecule has 5 aromatic rings. The van der Waals surface area contributed by atoms with Crippen LogP contribution in [0.2, 0.25) is 0 Å². The molecule has 1 aliphatic rings. The molecule has 0 bridgehead atoms. The van der Waals surface area contributed by atoms with Gasteiger partial charge in [-0.15, -0.1) is 0 Å². The third kappa shape index (κ3) is 2.65. The molecule has 0 aliphatic carbocycles. The Morgan fingerprint density at radius 3 is 2.17 bits per heavy atom. The van der Waals surface area contributed by atoms with E-state index in [1.54, 1.807) is 0 Å². The zero-order valence-corrected chi connectivity index (χ0v) is 17.1. The molecule has 0 atom stereocenters. The SMILES string of the molecule is Brc1ccc(N2COc3c(c4nc5ccccc5nc4c4ccccc34)C2)cc1. The van der Waals surface area contributed by atoms with Gasteiger partial charge in [0.15, 0.2) is 6.73 Å². The number of rotatable bonds is 1. The van der Waals surface area contributed by atoms with Gasteiger partial charge in [-0.1, -0.05) is 52.3 Å². The third-order valence-electron chi connectivity index (χ3n) is 5.46. The monoisotopic (exact) mass is 441 g/mol. The van der Waals surface area contributed by atoms with Crippen molar-refractivity contribution in [1.82, 2.24) is 9.97 Å². The smallest absolute Gasteiger partial charge is 0.161 e. The molecule has 4 aromatic carbocycles. The van der Waals surface area contributed by atoms with Gasteiger partial charge in [-0.25, -0.2) is 9.97 Å². The number of fused-ring (bicyclic) bond motifs is 7. The van der Waals surface area contributed by atoms with Crippen LogP contribution in [0.3, 0.4) is 0 Å². The normalized spacial score (nSPS) is 13.6. The van der Waals surface area contributed by atoms with Crippen molar-refractivity contribution < 1.29 is 4.74 Å². The highest BCUT2D eigenvalue weighted by atomic mass is 79.9. The molecule has 1 aliphatic heterocycles. The van der Waals surface area contributed by atoms with E-state index in [2.05, 4.69) is 57.2 Å². The largest absolute Gasteiger partial charge is 0.472 e. The minimum Gasteiger partial charge on any atom is -0.472 e. The molecular weight excluding hydrogens is 426 g/mol. The Bertz CT molecular complexity index is 1400. The molecule has 0 saturated heterocycles. The molecule has 0 spiro atoms. The number of halogens is 1. The van der Waals surface area contributed by atoms with Crippen LogP contribution in [0.15, 0.2) is 77.3 Å².